The number of nitrogens with zero attached hydrogens (tertiary/aromatic N) is 3. The zero-order valence-electron chi connectivity index (χ0n) is 12.6. The molecule has 1 atom stereocenters. The SMILES string of the molecule is CC(O)(CNC(=O)NCc1nnc2ccccn12)c1ccsc1. The van der Waals surface area contributed by atoms with Gasteiger partial charge in [-0.15, -0.1) is 10.2 Å². The third kappa shape index (κ3) is 3.49. The molecule has 0 spiro atoms. The van der Waals surface area contributed by atoms with Gasteiger partial charge in [-0.25, -0.2) is 4.79 Å². The van der Waals surface area contributed by atoms with E-state index in [-0.39, 0.29) is 19.1 Å². The Morgan fingerprint density at radius 3 is 3.00 bits per heavy atom. The number of aromatic nitrogens is 3. The van der Waals surface area contributed by atoms with E-state index in [9.17, 15) is 9.90 Å². The summed E-state index contributed by atoms with van der Waals surface area (Å²) in [5.74, 6) is 0.639. The van der Waals surface area contributed by atoms with Gasteiger partial charge >= 0.3 is 6.03 Å². The average Bonchev–Trinajstić information content (AvgIpc) is 3.21. The number of urea groups is 1. The highest BCUT2D eigenvalue weighted by atomic mass is 32.1. The number of amides is 2. The highest BCUT2D eigenvalue weighted by Gasteiger charge is 2.24. The summed E-state index contributed by atoms with van der Waals surface area (Å²) >= 11 is 1.50. The number of nitrogens with one attached hydrogen (secondary N) is 2. The number of rotatable bonds is 5. The van der Waals surface area contributed by atoms with Crippen molar-refractivity contribution in [1.82, 2.24) is 25.2 Å². The maximum Gasteiger partial charge on any atom is 0.315 e. The van der Waals surface area contributed by atoms with Crippen LogP contribution in [0.3, 0.4) is 0 Å². The van der Waals surface area contributed by atoms with Crippen molar-refractivity contribution in [2.45, 2.75) is 19.1 Å². The molecule has 23 heavy (non-hydrogen) atoms. The third-order valence-electron chi connectivity index (χ3n) is 3.53. The van der Waals surface area contributed by atoms with Gasteiger partial charge in [0.15, 0.2) is 11.5 Å². The molecule has 7 nitrogen and oxygen atoms in total. The molecule has 0 saturated carbocycles. The van der Waals surface area contributed by atoms with Crippen LogP contribution in [0.5, 0.6) is 0 Å². The first-order chi connectivity index (χ1) is 11.1. The van der Waals surface area contributed by atoms with E-state index in [1.165, 1.54) is 11.3 Å². The monoisotopic (exact) mass is 331 g/mol. The van der Waals surface area contributed by atoms with Gasteiger partial charge in [0.25, 0.3) is 0 Å². The summed E-state index contributed by atoms with van der Waals surface area (Å²) in [7, 11) is 0. The van der Waals surface area contributed by atoms with Crippen LogP contribution in [0.1, 0.15) is 18.3 Å². The molecular weight excluding hydrogens is 314 g/mol. The van der Waals surface area contributed by atoms with E-state index in [1.54, 1.807) is 6.92 Å². The predicted molar refractivity (Wildman–Crippen MR) is 87.1 cm³/mol. The summed E-state index contributed by atoms with van der Waals surface area (Å²) in [5.41, 5.74) is 0.412. The lowest BCUT2D eigenvalue weighted by Crippen LogP contribution is -2.43. The zero-order valence-corrected chi connectivity index (χ0v) is 13.4. The Morgan fingerprint density at radius 2 is 2.22 bits per heavy atom. The molecule has 0 saturated heterocycles. The van der Waals surface area contributed by atoms with Gasteiger partial charge in [0.2, 0.25) is 0 Å². The number of aliphatic hydroxyl groups is 1. The summed E-state index contributed by atoms with van der Waals surface area (Å²) in [5, 5.41) is 27.5. The van der Waals surface area contributed by atoms with Crippen molar-refractivity contribution in [3.63, 3.8) is 0 Å². The molecule has 8 heteroatoms. The Morgan fingerprint density at radius 1 is 1.35 bits per heavy atom. The van der Waals surface area contributed by atoms with E-state index in [4.69, 9.17) is 0 Å². The van der Waals surface area contributed by atoms with E-state index in [2.05, 4.69) is 20.8 Å². The molecular formula is C15H17N5O2S. The van der Waals surface area contributed by atoms with Crippen LogP contribution < -0.4 is 10.6 Å². The molecule has 3 N–H and O–H groups in total. The Hall–Kier alpha value is -2.45. The first-order valence-electron chi connectivity index (χ1n) is 7.12. The predicted octanol–water partition coefficient (Wildman–Crippen LogP) is 1.50. The highest BCUT2D eigenvalue weighted by molar-refractivity contribution is 7.08. The largest absolute Gasteiger partial charge is 0.384 e. The summed E-state index contributed by atoms with van der Waals surface area (Å²) < 4.78 is 1.81. The second-order valence-corrected chi connectivity index (χ2v) is 6.15. The van der Waals surface area contributed by atoms with Crippen LogP contribution >= 0.6 is 11.3 Å². The van der Waals surface area contributed by atoms with Gasteiger partial charge < -0.3 is 15.7 Å². The van der Waals surface area contributed by atoms with Crippen molar-refractivity contribution < 1.29 is 9.90 Å². The van der Waals surface area contributed by atoms with Gasteiger partial charge in [-0.05, 0) is 41.4 Å². The number of thiophene rings is 1. The standard InChI is InChI=1S/C15H17N5O2S/c1-15(22,11-5-7-23-9-11)10-17-14(21)16-8-13-19-18-12-4-2-3-6-20(12)13/h2-7,9,22H,8,10H2,1H3,(H2,16,17,21). The number of hydrogen-bond acceptors (Lipinski definition) is 5. The molecule has 0 aromatic carbocycles. The van der Waals surface area contributed by atoms with Crippen molar-refractivity contribution in [2.75, 3.05) is 6.54 Å². The lowest BCUT2D eigenvalue weighted by atomic mass is 9.99. The molecule has 3 rings (SSSR count). The highest BCUT2D eigenvalue weighted by Crippen LogP contribution is 2.21. The summed E-state index contributed by atoms with van der Waals surface area (Å²) in [4.78, 5) is 11.9. The van der Waals surface area contributed by atoms with Crippen LogP contribution in [-0.4, -0.2) is 32.3 Å². The second-order valence-electron chi connectivity index (χ2n) is 5.37. The lowest BCUT2D eigenvalue weighted by Gasteiger charge is -2.22. The molecule has 3 aromatic rings. The van der Waals surface area contributed by atoms with Crippen molar-refractivity contribution in [3.8, 4) is 0 Å². The normalized spacial score (nSPS) is 13.7. The number of pyridine rings is 1. The minimum Gasteiger partial charge on any atom is -0.384 e. The van der Waals surface area contributed by atoms with Gasteiger partial charge in [-0.3, -0.25) is 4.40 Å². The van der Waals surface area contributed by atoms with Crippen molar-refractivity contribution in [1.29, 1.82) is 0 Å². The molecule has 120 valence electrons. The third-order valence-corrected chi connectivity index (χ3v) is 4.21. The van der Waals surface area contributed by atoms with Gasteiger partial charge in [0.05, 0.1) is 13.1 Å². The Balaban J connectivity index is 1.54. The molecule has 1 unspecified atom stereocenters. The quantitative estimate of drug-likeness (QED) is 0.661. The van der Waals surface area contributed by atoms with Gasteiger partial charge in [-0.2, -0.15) is 11.3 Å². The molecule has 3 heterocycles. The van der Waals surface area contributed by atoms with Crippen molar-refractivity contribution in [2.24, 2.45) is 0 Å². The van der Waals surface area contributed by atoms with Crippen LogP contribution in [0.15, 0.2) is 41.2 Å². The minimum atomic E-state index is -1.10. The van der Waals surface area contributed by atoms with Crippen LogP contribution in [0.25, 0.3) is 5.65 Å². The molecule has 0 aliphatic rings. The van der Waals surface area contributed by atoms with Gasteiger partial charge in [0.1, 0.15) is 5.60 Å². The summed E-state index contributed by atoms with van der Waals surface area (Å²) in [6, 6.07) is 7.06. The molecule has 0 radical (unpaired) electrons. The molecule has 2 amide bonds. The maximum atomic E-state index is 11.9. The van der Waals surface area contributed by atoms with Crippen LogP contribution in [0.2, 0.25) is 0 Å². The van der Waals surface area contributed by atoms with E-state index in [1.807, 2.05) is 45.6 Å². The average molecular weight is 331 g/mol. The van der Waals surface area contributed by atoms with Crippen LogP contribution in [-0.2, 0) is 12.1 Å². The first kappa shape index (κ1) is 15.4. The Kier molecular flexibility index (Phi) is 4.26. The lowest BCUT2D eigenvalue weighted by molar-refractivity contribution is 0.0598. The fourth-order valence-corrected chi connectivity index (χ4v) is 2.94. The minimum absolute atomic E-state index is 0.121. The molecule has 0 fully saturated rings. The fraction of sp³-hybridized carbons (Fsp3) is 0.267. The van der Waals surface area contributed by atoms with Crippen LogP contribution in [0.4, 0.5) is 4.79 Å². The summed E-state index contributed by atoms with van der Waals surface area (Å²) in [6.07, 6.45) is 1.84. The number of carbonyl (C=O) groups is 1. The van der Waals surface area contributed by atoms with Crippen LogP contribution in [0, 0.1) is 0 Å². The number of carbonyl (C=O) groups excluding carboxylic acids is 1. The molecule has 0 bridgehead atoms. The Labute approximate surface area is 137 Å². The molecule has 3 aromatic heterocycles. The van der Waals surface area contributed by atoms with E-state index in [0.717, 1.165) is 11.2 Å². The van der Waals surface area contributed by atoms with Gasteiger partial charge in [-0.1, -0.05) is 6.07 Å². The van der Waals surface area contributed by atoms with E-state index in [0.29, 0.717) is 5.82 Å². The van der Waals surface area contributed by atoms with Gasteiger partial charge in [0, 0.05) is 6.20 Å². The smallest absolute Gasteiger partial charge is 0.315 e. The van der Waals surface area contributed by atoms with Crippen molar-refractivity contribution in [3.05, 3.63) is 52.6 Å². The van der Waals surface area contributed by atoms with Crippen molar-refractivity contribution >= 4 is 23.0 Å². The topological polar surface area (TPSA) is 91.5 Å². The number of fused-ring (bicyclic) bond motifs is 1. The maximum absolute atomic E-state index is 11.9. The van der Waals surface area contributed by atoms with E-state index >= 15 is 0 Å². The second kappa shape index (κ2) is 6.35. The fourth-order valence-electron chi connectivity index (χ4n) is 2.16. The molecule has 0 aliphatic carbocycles. The zero-order chi connectivity index (χ0) is 16.3. The number of hydrogen-bond donors (Lipinski definition) is 3. The Bertz CT molecular complexity index is 797. The first-order valence-corrected chi connectivity index (χ1v) is 8.06. The summed E-state index contributed by atoms with van der Waals surface area (Å²) in [6.45, 7) is 2.04. The van der Waals surface area contributed by atoms with E-state index < -0.39 is 5.60 Å². The molecule has 0 aliphatic heterocycles.